The van der Waals surface area contributed by atoms with Gasteiger partial charge in [0.2, 0.25) is 0 Å². The Bertz CT molecular complexity index is 1140. The van der Waals surface area contributed by atoms with E-state index in [1.54, 1.807) is 7.11 Å². The van der Waals surface area contributed by atoms with E-state index in [-0.39, 0.29) is 0 Å². The zero-order chi connectivity index (χ0) is 22.8. The third-order valence-electron chi connectivity index (χ3n) is 7.30. The minimum atomic E-state index is 0.342. The van der Waals surface area contributed by atoms with E-state index >= 15 is 0 Å². The number of aryl methyl sites for hydroxylation is 1. The van der Waals surface area contributed by atoms with Crippen LogP contribution in [0.25, 0.3) is 22.4 Å². The zero-order valence-corrected chi connectivity index (χ0v) is 20.0. The molecule has 0 saturated heterocycles. The fraction of sp³-hybridized carbons (Fsp3) is 0.367. The molecular weight excluding hydrogens is 404 g/mol. The molecule has 1 heterocycles. The molecule has 0 aliphatic heterocycles. The van der Waals surface area contributed by atoms with Crippen LogP contribution in [0.1, 0.15) is 69.2 Å². The highest BCUT2D eigenvalue weighted by Crippen LogP contribution is 2.49. The predicted molar refractivity (Wildman–Crippen MR) is 136 cm³/mol. The van der Waals surface area contributed by atoms with Crippen LogP contribution in [0.4, 0.5) is 0 Å². The first kappa shape index (κ1) is 21.9. The highest BCUT2D eigenvalue weighted by Gasteiger charge is 2.39. The largest absolute Gasteiger partial charge is 0.399 e. The molecule has 1 saturated carbocycles. The predicted octanol–water partition coefficient (Wildman–Crippen LogP) is 7.53. The van der Waals surface area contributed by atoms with Gasteiger partial charge in [0.05, 0.1) is 17.1 Å². The maximum absolute atomic E-state index is 5.23. The van der Waals surface area contributed by atoms with Crippen LogP contribution < -0.4 is 0 Å². The second-order valence-corrected chi connectivity index (χ2v) is 9.91. The van der Waals surface area contributed by atoms with Crippen molar-refractivity contribution >= 4 is 5.71 Å². The van der Waals surface area contributed by atoms with Gasteiger partial charge in [0, 0.05) is 16.7 Å². The van der Waals surface area contributed by atoms with Crippen molar-refractivity contribution in [3.8, 4) is 22.4 Å². The van der Waals surface area contributed by atoms with E-state index in [1.807, 2.05) is 0 Å². The van der Waals surface area contributed by atoms with Crippen molar-refractivity contribution in [2.45, 2.75) is 64.2 Å². The summed E-state index contributed by atoms with van der Waals surface area (Å²) in [7, 11) is 1.62. The molecule has 2 aromatic carbocycles. The third-order valence-corrected chi connectivity index (χ3v) is 7.30. The molecule has 0 amide bonds. The number of hydrogen-bond donors (Lipinski definition) is 0. The molecule has 0 spiro atoms. The first-order chi connectivity index (χ1) is 16.1. The average molecular weight is 438 g/mol. The van der Waals surface area contributed by atoms with Crippen molar-refractivity contribution < 1.29 is 4.84 Å². The molecule has 3 nitrogen and oxygen atoms in total. The number of benzene rings is 2. The van der Waals surface area contributed by atoms with Gasteiger partial charge in [0.15, 0.2) is 0 Å². The number of fused-ring (bicyclic) bond motifs is 1. The Balaban J connectivity index is 1.60. The van der Waals surface area contributed by atoms with Crippen LogP contribution in [0.3, 0.4) is 0 Å². The van der Waals surface area contributed by atoms with Gasteiger partial charge in [-0.3, -0.25) is 4.98 Å². The Kier molecular flexibility index (Phi) is 6.05. The first-order valence-electron chi connectivity index (χ1n) is 12.2. The summed E-state index contributed by atoms with van der Waals surface area (Å²) in [4.78, 5) is 10.4. The Morgan fingerprint density at radius 3 is 2.30 bits per heavy atom. The molecule has 2 aliphatic rings. The topological polar surface area (TPSA) is 34.5 Å². The van der Waals surface area contributed by atoms with E-state index in [4.69, 9.17) is 9.82 Å². The van der Waals surface area contributed by atoms with E-state index in [9.17, 15) is 0 Å². The Morgan fingerprint density at radius 2 is 1.67 bits per heavy atom. The molecule has 0 unspecified atom stereocenters. The minimum absolute atomic E-state index is 0.342. The molecule has 33 heavy (non-hydrogen) atoms. The van der Waals surface area contributed by atoms with Gasteiger partial charge >= 0.3 is 0 Å². The summed E-state index contributed by atoms with van der Waals surface area (Å²) >= 11 is 0. The number of aromatic nitrogens is 1. The molecule has 1 fully saturated rings. The molecule has 1 radical (unpaired) electrons. The van der Waals surface area contributed by atoms with Crippen molar-refractivity contribution in [1.29, 1.82) is 0 Å². The van der Waals surface area contributed by atoms with Gasteiger partial charge < -0.3 is 4.84 Å². The highest BCUT2D eigenvalue weighted by atomic mass is 16.6. The molecule has 5 rings (SSSR count). The second kappa shape index (κ2) is 9.13. The average Bonchev–Trinajstić information content (AvgIpc) is 2.82. The van der Waals surface area contributed by atoms with Crippen LogP contribution in [0.5, 0.6) is 0 Å². The number of nitrogens with zero attached hydrogens (tertiary/aromatic N) is 2. The number of rotatable bonds is 6. The smallest absolute Gasteiger partial charge is 0.106 e. The van der Waals surface area contributed by atoms with Gasteiger partial charge in [-0.25, -0.2) is 0 Å². The summed E-state index contributed by atoms with van der Waals surface area (Å²) in [5, 5.41) is 4.31. The number of hydrogen-bond acceptors (Lipinski definition) is 3. The summed E-state index contributed by atoms with van der Waals surface area (Å²) in [6, 6.07) is 22.1. The molecule has 169 valence electrons. The van der Waals surface area contributed by atoms with Crippen LogP contribution in [0.15, 0.2) is 65.8 Å². The fourth-order valence-corrected chi connectivity index (χ4v) is 5.64. The van der Waals surface area contributed by atoms with Gasteiger partial charge in [-0.1, -0.05) is 80.0 Å². The van der Waals surface area contributed by atoms with Crippen LogP contribution >= 0.6 is 0 Å². The number of oxime groups is 1. The zero-order valence-electron chi connectivity index (χ0n) is 20.0. The van der Waals surface area contributed by atoms with Crippen molar-refractivity contribution in [2.24, 2.45) is 5.16 Å². The molecular formula is C30H33N2O. The van der Waals surface area contributed by atoms with Crippen molar-refractivity contribution in [3.63, 3.8) is 0 Å². The van der Waals surface area contributed by atoms with E-state index in [0.717, 1.165) is 47.5 Å². The van der Waals surface area contributed by atoms with E-state index in [0.29, 0.717) is 5.41 Å². The monoisotopic (exact) mass is 437 g/mol. The Labute approximate surface area is 197 Å². The number of pyridine rings is 1. The summed E-state index contributed by atoms with van der Waals surface area (Å²) in [5.41, 5.74) is 9.66. The van der Waals surface area contributed by atoms with E-state index in [1.165, 1.54) is 48.3 Å². The van der Waals surface area contributed by atoms with E-state index in [2.05, 4.69) is 79.7 Å². The van der Waals surface area contributed by atoms with Crippen molar-refractivity contribution in [1.82, 2.24) is 4.98 Å². The summed E-state index contributed by atoms with van der Waals surface area (Å²) < 4.78 is 0. The van der Waals surface area contributed by atoms with Gasteiger partial charge in [-0.15, -0.1) is 0 Å². The van der Waals surface area contributed by atoms with Crippen LogP contribution in [-0.2, 0) is 16.7 Å². The summed E-state index contributed by atoms with van der Waals surface area (Å²) in [5.74, 6) is 1.52. The lowest BCUT2D eigenvalue weighted by Crippen LogP contribution is -2.35. The van der Waals surface area contributed by atoms with Gasteiger partial charge in [0.25, 0.3) is 0 Å². The standard InChI is InChI=1S/C30H33N2O/c1-21(2)20-30(17-8-18-30)24-15-13-23(14-16-24)29-25(22-9-5-4-6-10-22)19-26-27(31-29)11-7-12-28(26)32-33-3/h4-6,9-10,13-16,19H,7-8,11-12,17-18,20H2,1-3H3. The molecule has 0 atom stereocenters. The normalized spacial score (nSPS) is 18.1. The van der Waals surface area contributed by atoms with Crippen molar-refractivity contribution in [3.05, 3.63) is 83.4 Å². The van der Waals surface area contributed by atoms with Gasteiger partial charge in [0.1, 0.15) is 7.11 Å². The third kappa shape index (κ3) is 4.21. The van der Waals surface area contributed by atoms with Gasteiger partial charge in [-0.05, 0) is 67.1 Å². The Hall–Kier alpha value is -2.94. The lowest BCUT2D eigenvalue weighted by molar-refractivity contribution is 0.212. The Morgan fingerprint density at radius 1 is 0.909 bits per heavy atom. The maximum atomic E-state index is 5.23. The first-order valence-corrected chi connectivity index (χ1v) is 12.2. The van der Waals surface area contributed by atoms with E-state index < -0.39 is 0 Å². The fourth-order valence-electron chi connectivity index (χ4n) is 5.64. The second-order valence-electron chi connectivity index (χ2n) is 9.91. The molecule has 0 N–H and O–H groups in total. The minimum Gasteiger partial charge on any atom is -0.399 e. The SMILES string of the molecule is CON=C1CCCc2nc(-c3ccc(C4(C[C](C)C)CCC4)cc3)c(-c3ccccc3)cc21. The van der Waals surface area contributed by atoms with Crippen LogP contribution in [-0.4, -0.2) is 17.8 Å². The molecule has 1 aromatic heterocycles. The van der Waals surface area contributed by atoms with Crippen molar-refractivity contribution in [2.75, 3.05) is 7.11 Å². The highest BCUT2D eigenvalue weighted by molar-refractivity contribution is 6.03. The quantitative estimate of drug-likeness (QED) is 0.374. The lowest BCUT2D eigenvalue weighted by atomic mass is 9.61. The summed E-state index contributed by atoms with van der Waals surface area (Å²) in [6.07, 6.45) is 8.09. The van der Waals surface area contributed by atoms with Gasteiger partial charge in [-0.2, -0.15) is 0 Å². The summed E-state index contributed by atoms with van der Waals surface area (Å²) in [6.45, 7) is 4.53. The molecule has 2 aliphatic carbocycles. The molecule has 3 heteroatoms. The molecule has 0 bridgehead atoms. The lowest BCUT2D eigenvalue weighted by Gasteiger charge is -2.44. The maximum Gasteiger partial charge on any atom is 0.106 e. The van der Waals surface area contributed by atoms with Crippen LogP contribution in [0.2, 0.25) is 0 Å². The molecule has 3 aromatic rings. The van der Waals surface area contributed by atoms with Crippen LogP contribution in [0, 0.1) is 5.92 Å².